The SMILES string of the molecule is Cc1cc(C=O)cc(C(=O)N2CCCC2c2ccccc2)c1. The molecule has 112 valence electrons. The van der Waals surface area contributed by atoms with Crippen molar-refractivity contribution in [1.29, 1.82) is 0 Å². The van der Waals surface area contributed by atoms with Crippen molar-refractivity contribution < 1.29 is 9.59 Å². The second kappa shape index (κ2) is 6.14. The molecular weight excluding hydrogens is 274 g/mol. The quantitative estimate of drug-likeness (QED) is 0.808. The zero-order valence-corrected chi connectivity index (χ0v) is 12.7. The highest BCUT2D eigenvalue weighted by atomic mass is 16.2. The molecule has 0 saturated carbocycles. The smallest absolute Gasteiger partial charge is 0.254 e. The van der Waals surface area contributed by atoms with Crippen LogP contribution in [-0.2, 0) is 0 Å². The number of hydrogen-bond donors (Lipinski definition) is 0. The average molecular weight is 293 g/mol. The fourth-order valence-electron chi connectivity index (χ4n) is 3.20. The van der Waals surface area contributed by atoms with Crippen LogP contribution < -0.4 is 0 Å². The molecular formula is C19H19NO2. The van der Waals surface area contributed by atoms with Crippen LogP contribution in [0.25, 0.3) is 0 Å². The minimum Gasteiger partial charge on any atom is -0.332 e. The number of amides is 1. The lowest BCUT2D eigenvalue weighted by molar-refractivity contribution is 0.0735. The molecule has 1 aliphatic heterocycles. The fraction of sp³-hybridized carbons (Fsp3) is 0.263. The van der Waals surface area contributed by atoms with Crippen LogP contribution in [0, 0.1) is 6.92 Å². The average Bonchev–Trinajstić information content (AvgIpc) is 3.04. The molecule has 3 heteroatoms. The minimum absolute atomic E-state index is 0.0122. The summed E-state index contributed by atoms with van der Waals surface area (Å²) in [6, 6.07) is 15.6. The lowest BCUT2D eigenvalue weighted by atomic mass is 10.0. The van der Waals surface area contributed by atoms with E-state index in [0.717, 1.165) is 31.2 Å². The highest BCUT2D eigenvalue weighted by Gasteiger charge is 2.30. The van der Waals surface area contributed by atoms with E-state index in [1.165, 1.54) is 5.56 Å². The third kappa shape index (κ3) is 2.80. The number of rotatable bonds is 3. The first-order valence-corrected chi connectivity index (χ1v) is 7.62. The Balaban J connectivity index is 1.91. The molecule has 1 heterocycles. The Morgan fingerprint density at radius 3 is 2.68 bits per heavy atom. The molecule has 0 bridgehead atoms. The van der Waals surface area contributed by atoms with Crippen LogP contribution in [0.15, 0.2) is 48.5 Å². The van der Waals surface area contributed by atoms with Crippen LogP contribution in [0.5, 0.6) is 0 Å². The van der Waals surface area contributed by atoms with Gasteiger partial charge in [-0.2, -0.15) is 0 Å². The van der Waals surface area contributed by atoms with Crippen LogP contribution in [0.2, 0.25) is 0 Å². The summed E-state index contributed by atoms with van der Waals surface area (Å²) in [5, 5.41) is 0. The van der Waals surface area contributed by atoms with Crippen LogP contribution in [0.3, 0.4) is 0 Å². The van der Waals surface area contributed by atoms with Gasteiger partial charge in [-0.3, -0.25) is 9.59 Å². The minimum atomic E-state index is 0.0122. The summed E-state index contributed by atoms with van der Waals surface area (Å²) in [4.78, 5) is 25.8. The van der Waals surface area contributed by atoms with Crippen molar-refractivity contribution in [3.8, 4) is 0 Å². The number of aryl methyl sites for hydroxylation is 1. The molecule has 1 saturated heterocycles. The molecule has 1 unspecified atom stereocenters. The molecule has 1 fully saturated rings. The van der Waals surface area contributed by atoms with E-state index in [1.807, 2.05) is 36.1 Å². The molecule has 2 aromatic rings. The molecule has 1 amide bonds. The Bertz CT molecular complexity index is 694. The number of benzene rings is 2. The standard InChI is InChI=1S/C19H19NO2/c1-14-10-15(13-21)12-17(11-14)19(22)20-9-5-8-18(20)16-6-3-2-4-7-16/h2-4,6-7,10-13,18H,5,8-9H2,1H3. The zero-order chi connectivity index (χ0) is 15.5. The predicted molar refractivity (Wildman–Crippen MR) is 86.0 cm³/mol. The summed E-state index contributed by atoms with van der Waals surface area (Å²) in [5.41, 5.74) is 3.27. The van der Waals surface area contributed by atoms with E-state index in [-0.39, 0.29) is 11.9 Å². The van der Waals surface area contributed by atoms with E-state index in [4.69, 9.17) is 0 Å². The summed E-state index contributed by atoms with van der Waals surface area (Å²) in [6.07, 6.45) is 2.79. The van der Waals surface area contributed by atoms with Crippen LogP contribution in [0.1, 0.15) is 50.7 Å². The van der Waals surface area contributed by atoms with Gasteiger partial charge in [0.15, 0.2) is 0 Å². The van der Waals surface area contributed by atoms with E-state index in [9.17, 15) is 9.59 Å². The van der Waals surface area contributed by atoms with Crippen molar-refractivity contribution in [2.75, 3.05) is 6.54 Å². The Kier molecular flexibility index (Phi) is 4.05. The number of carbonyl (C=O) groups excluding carboxylic acids is 2. The normalized spacial score (nSPS) is 17.5. The molecule has 22 heavy (non-hydrogen) atoms. The van der Waals surface area contributed by atoms with Gasteiger partial charge in [-0.25, -0.2) is 0 Å². The molecule has 2 aromatic carbocycles. The highest BCUT2D eigenvalue weighted by Crippen LogP contribution is 2.33. The van der Waals surface area contributed by atoms with Crippen molar-refractivity contribution in [1.82, 2.24) is 4.90 Å². The van der Waals surface area contributed by atoms with Gasteiger partial charge < -0.3 is 4.90 Å². The second-order valence-corrected chi connectivity index (χ2v) is 5.82. The molecule has 1 atom stereocenters. The van der Waals surface area contributed by atoms with Gasteiger partial charge in [-0.15, -0.1) is 0 Å². The maximum Gasteiger partial charge on any atom is 0.254 e. The highest BCUT2D eigenvalue weighted by molar-refractivity contribution is 5.96. The molecule has 3 rings (SSSR count). The first kappa shape index (κ1) is 14.5. The van der Waals surface area contributed by atoms with Gasteiger partial charge in [0, 0.05) is 17.7 Å². The summed E-state index contributed by atoms with van der Waals surface area (Å²) in [7, 11) is 0. The predicted octanol–water partition coefficient (Wildman–Crippen LogP) is 3.78. The van der Waals surface area contributed by atoms with Gasteiger partial charge in [0.2, 0.25) is 0 Å². The lowest BCUT2D eigenvalue weighted by Crippen LogP contribution is -2.30. The maximum atomic E-state index is 12.9. The van der Waals surface area contributed by atoms with Gasteiger partial charge in [0.25, 0.3) is 5.91 Å². The summed E-state index contributed by atoms with van der Waals surface area (Å²) in [6.45, 7) is 2.67. The Labute approximate surface area is 130 Å². The van der Waals surface area contributed by atoms with Crippen molar-refractivity contribution in [3.05, 3.63) is 70.8 Å². The third-order valence-electron chi connectivity index (χ3n) is 4.18. The van der Waals surface area contributed by atoms with Crippen molar-refractivity contribution in [2.24, 2.45) is 0 Å². The van der Waals surface area contributed by atoms with E-state index in [2.05, 4.69) is 12.1 Å². The maximum absolute atomic E-state index is 12.9. The Hall–Kier alpha value is -2.42. The van der Waals surface area contributed by atoms with E-state index in [0.29, 0.717) is 11.1 Å². The van der Waals surface area contributed by atoms with Gasteiger partial charge in [0.05, 0.1) is 6.04 Å². The van der Waals surface area contributed by atoms with Crippen LogP contribution in [0.4, 0.5) is 0 Å². The van der Waals surface area contributed by atoms with Gasteiger partial charge >= 0.3 is 0 Å². The van der Waals surface area contributed by atoms with Crippen LogP contribution in [-0.4, -0.2) is 23.6 Å². The van der Waals surface area contributed by atoms with E-state index >= 15 is 0 Å². The molecule has 0 aliphatic carbocycles. The zero-order valence-electron chi connectivity index (χ0n) is 12.7. The number of aldehydes is 1. The number of likely N-dealkylation sites (tertiary alicyclic amines) is 1. The van der Waals surface area contributed by atoms with Crippen molar-refractivity contribution in [3.63, 3.8) is 0 Å². The number of nitrogens with zero attached hydrogens (tertiary/aromatic N) is 1. The lowest BCUT2D eigenvalue weighted by Gasteiger charge is -2.25. The van der Waals surface area contributed by atoms with E-state index in [1.54, 1.807) is 12.1 Å². The van der Waals surface area contributed by atoms with Gasteiger partial charge in [0.1, 0.15) is 6.29 Å². The fourth-order valence-corrected chi connectivity index (χ4v) is 3.20. The summed E-state index contributed by atoms with van der Waals surface area (Å²) >= 11 is 0. The third-order valence-corrected chi connectivity index (χ3v) is 4.18. The molecule has 3 nitrogen and oxygen atoms in total. The first-order chi connectivity index (χ1) is 10.7. The molecule has 0 spiro atoms. The first-order valence-electron chi connectivity index (χ1n) is 7.62. The van der Waals surface area contributed by atoms with Gasteiger partial charge in [-0.05, 0) is 49.1 Å². The van der Waals surface area contributed by atoms with Crippen molar-refractivity contribution in [2.45, 2.75) is 25.8 Å². The number of carbonyl (C=O) groups is 2. The second-order valence-electron chi connectivity index (χ2n) is 5.82. The van der Waals surface area contributed by atoms with Gasteiger partial charge in [-0.1, -0.05) is 30.3 Å². The molecule has 0 aromatic heterocycles. The summed E-state index contributed by atoms with van der Waals surface area (Å²) in [5.74, 6) is 0.0122. The monoisotopic (exact) mass is 293 g/mol. The number of hydrogen-bond acceptors (Lipinski definition) is 2. The van der Waals surface area contributed by atoms with Crippen LogP contribution >= 0.6 is 0 Å². The topological polar surface area (TPSA) is 37.4 Å². The largest absolute Gasteiger partial charge is 0.332 e. The Morgan fingerprint density at radius 2 is 1.95 bits per heavy atom. The Morgan fingerprint density at radius 1 is 1.18 bits per heavy atom. The molecule has 0 radical (unpaired) electrons. The molecule has 0 N–H and O–H groups in total. The van der Waals surface area contributed by atoms with Crippen molar-refractivity contribution >= 4 is 12.2 Å². The van der Waals surface area contributed by atoms with E-state index < -0.39 is 0 Å². The molecule has 1 aliphatic rings. The summed E-state index contributed by atoms with van der Waals surface area (Å²) < 4.78 is 0.